The van der Waals surface area contributed by atoms with E-state index in [-0.39, 0.29) is 11.8 Å². The molecule has 0 bridgehead atoms. The lowest BCUT2D eigenvalue weighted by atomic mass is 10.2. The van der Waals surface area contributed by atoms with Gasteiger partial charge in [0, 0.05) is 40.1 Å². The van der Waals surface area contributed by atoms with Crippen molar-refractivity contribution in [2.75, 3.05) is 23.0 Å². The Morgan fingerprint density at radius 1 is 1.14 bits per heavy atom. The van der Waals surface area contributed by atoms with Crippen LogP contribution in [0.25, 0.3) is 11.3 Å². The van der Waals surface area contributed by atoms with Crippen LogP contribution in [0.15, 0.2) is 58.8 Å². The van der Waals surface area contributed by atoms with Gasteiger partial charge in [-0.3, -0.25) is 14.9 Å². The van der Waals surface area contributed by atoms with Crippen LogP contribution in [-0.4, -0.2) is 29.6 Å². The summed E-state index contributed by atoms with van der Waals surface area (Å²) in [6.45, 7) is 0.740. The Hall–Kier alpha value is -2.64. The van der Waals surface area contributed by atoms with Gasteiger partial charge in [0.2, 0.25) is 5.91 Å². The first-order valence-electron chi connectivity index (χ1n) is 8.96. The first-order chi connectivity index (χ1) is 13.6. The maximum Gasteiger partial charge on any atom is 0.257 e. The number of hydrogen-bond donors (Lipinski definition) is 1. The molecular weight excluding hydrogens is 390 g/mol. The molecule has 1 fully saturated rings. The van der Waals surface area contributed by atoms with E-state index in [1.54, 1.807) is 28.8 Å². The summed E-state index contributed by atoms with van der Waals surface area (Å²) in [7, 11) is 0. The minimum Gasteiger partial charge on any atom is -0.312 e. The Morgan fingerprint density at radius 2 is 1.89 bits per heavy atom. The second-order valence-electron chi connectivity index (χ2n) is 6.42. The number of thioether (sulfide) groups is 1. The van der Waals surface area contributed by atoms with Gasteiger partial charge in [0.1, 0.15) is 0 Å². The van der Waals surface area contributed by atoms with Crippen molar-refractivity contribution in [2.45, 2.75) is 17.7 Å². The lowest BCUT2D eigenvalue weighted by Gasteiger charge is -2.15. The third kappa shape index (κ3) is 3.95. The molecule has 0 radical (unpaired) electrons. The van der Waals surface area contributed by atoms with E-state index < -0.39 is 0 Å². The van der Waals surface area contributed by atoms with Gasteiger partial charge in [-0.15, -0.1) is 23.1 Å². The number of amides is 2. The summed E-state index contributed by atoms with van der Waals surface area (Å²) in [5, 5.41) is 5.35. The van der Waals surface area contributed by atoms with Crippen molar-refractivity contribution in [3.63, 3.8) is 0 Å². The maximum absolute atomic E-state index is 12.5. The number of nitrogens with one attached hydrogen (secondary N) is 1. The zero-order chi connectivity index (χ0) is 19.5. The van der Waals surface area contributed by atoms with E-state index in [2.05, 4.69) is 22.4 Å². The molecule has 1 aliphatic heterocycles. The van der Waals surface area contributed by atoms with Crippen molar-refractivity contribution in [2.24, 2.45) is 0 Å². The summed E-state index contributed by atoms with van der Waals surface area (Å²) in [6.07, 6.45) is 3.52. The van der Waals surface area contributed by atoms with Gasteiger partial charge in [-0.1, -0.05) is 12.1 Å². The van der Waals surface area contributed by atoms with Crippen LogP contribution in [0.3, 0.4) is 0 Å². The molecule has 2 aromatic carbocycles. The van der Waals surface area contributed by atoms with E-state index in [0.717, 1.165) is 29.9 Å². The highest BCUT2D eigenvalue weighted by molar-refractivity contribution is 7.98. The van der Waals surface area contributed by atoms with E-state index in [9.17, 15) is 9.59 Å². The van der Waals surface area contributed by atoms with Crippen LogP contribution >= 0.6 is 23.1 Å². The van der Waals surface area contributed by atoms with Crippen molar-refractivity contribution in [1.29, 1.82) is 0 Å². The van der Waals surface area contributed by atoms with E-state index in [0.29, 0.717) is 17.1 Å². The fraction of sp³-hybridized carbons (Fsp3) is 0.190. The summed E-state index contributed by atoms with van der Waals surface area (Å²) in [5.41, 5.74) is 3.24. The van der Waals surface area contributed by atoms with Crippen LogP contribution in [0.4, 0.5) is 10.8 Å². The smallest absolute Gasteiger partial charge is 0.257 e. The first kappa shape index (κ1) is 18.7. The molecule has 7 heteroatoms. The molecule has 0 spiro atoms. The van der Waals surface area contributed by atoms with Gasteiger partial charge in [0.15, 0.2) is 5.13 Å². The third-order valence-electron chi connectivity index (χ3n) is 4.63. The lowest BCUT2D eigenvalue weighted by Crippen LogP contribution is -2.23. The van der Waals surface area contributed by atoms with Gasteiger partial charge in [-0.2, -0.15) is 0 Å². The second-order valence-corrected chi connectivity index (χ2v) is 8.15. The van der Waals surface area contributed by atoms with Crippen molar-refractivity contribution in [1.82, 2.24) is 4.98 Å². The normalized spacial score (nSPS) is 13.8. The van der Waals surface area contributed by atoms with Gasteiger partial charge < -0.3 is 4.90 Å². The number of carbonyl (C=O) groups excluding carboxylic acids is 2. The number of anilines is 2. The maximum atomic E-state index is 12.5. The number of nitrogens with zero attached hydrogens (tertiary/aromatic N) is 2. The van der Waals surface area contributed by atoms with Gasteiger partial charge in [-0.05, 0) is 49.1 Å². The summed E-state index contributed by atoms with van der Waals surface area (Å²) >= 11 is 3.10. The van der Waals surface area contributed by atoms with Crippen LogP contribution in [-0.2, 0) is 4.79 Å². The minimum absolute atomic E-state index is 0.137. The monoisotopic (exact) mass is 409 g/mol. The molecule has 1 aromatic heterocycles. The standard InChI is InChI=1S/C21H19N3O2S2/c1-27-17-10-6-14(7-11-17)18-13-28-21(22-18)23-20(26)15-4-8-16(9-5-15)24-12-2-3-19(24)25/h4-11,13H,2-3,12H2,1H3,(H,22,23,26). The van der Waals surface area contributed by atoms with Gasteiger partial charge in [0.05, 0.1) is 5.69 Å². The van der Waals surface area contributed by atoms with Gasteiger partial charge in [-0.25, -0.2) is 4.98 Å². The zero-order valence-corrected chi connectivity index (χ0v) is 17.0. The number of rotatable bonds is 5. The molecule has 2 amide bonds. The van der Waals surface area contributed by atoms with E-state index in [1.165, 1.54) is 16.2 Å². The van der Waals surface area contributed by atoms with Crippen LogP contribution < -0.4 is 10.2 Å². The summed E-state index contributed by atoms with van der Waals surface area (Å²) < 4.78 is 0. The van der Waals surface area contributed by atoms with Gasteiger partial charge in [0.25, 0.3) is 5.91 Å². The van der Waals surface area contributed by atoms with E-state index >= 15 is 0 Å². The Kier molecular flexibility index (Phi) is 5.45. The fourth-order valence-corrected chi connectivity index (χ4v) is 4.23. The predicted octanol–water partition coefficient (Wildman–Crippen LogP) is 4.91. The highest BCUT2D eigenvalue weighted by Gasteiger charge is 2.21. The van der Waals surface area contributed by atoms with Crippen molar-refractivity contribution < 1.29 is 9.59 Å². The highest BCUT2D eigenvalue weighted by atomic mass is 32.2. The summed E-state index contributed by atoms with van der Waals surface area (Å²) in [5.74, 6) is -0.0731. The van der Waals surface area contributed by atoms with Crippen molar-refractivity contribution >= 4 is 45.7 Å². The Morgan fingerprint density at radius 3 is 2.54 bits per heavy atom. The highest BCUT2D eigenvalue weighted by Crippen LogP contribution is 2.27. The molecule has 2 heterocycles. The molecule has 0 unspecified atom stereocenters. The molecule has 4 rings (SSSR count). The van der Waals surface area contributed by atoms with Crippen LogP contribution in [0, 0.1) is 0 Å². The van der Waals surface area contributed by atoms with E-state index in [1.807, 2.05) is 35.9 Å². The molecule has 5 nitrogen and oxygen atoms in total. The number of benzene rings is 2. The number of aromatic nitrogens is 1. The number of carbonyl (C=O) groups is 2. The predicted molar refractivity (Wildman–Crippen MR) is 115 cm³/mol. The first-order valence-corrected chi connectivity index (χ1v) is 11.1. The molecule has 0 saturated carbocycles. The summed E-state index contributed by atoms with van der Waals surface area (Å²) in [4.78, 5) is 31.8. The molecule has 1 N–H and O–H groups in total. The average molecular weight is 410 g/mol. The van der Waals surface area contributed by atoms with Gasteiger partial charge >= 0.3 is 0 Å². The minimum atomic E-state index is -0.210. The molecule has 28 heavy (non-hydrogen) atoms. The Balaban J connectivity index is 1.43. The number of thiazole rings is 1. The van der Waals surface area contributed by atoms with Crippen molar-refractivity contribution in [3.8, 4) is 11.3 Å². The quantitative estimate of drug-likeness (QED) is 0.608. The van der Waals surface area contributed by atoms with Crippen LogP contribution in [0.5, 0.6) is 0 Å². The Bertz CT molecular complexity index is 997. The SMILES string of the molecule is CSc1ccc(-c2csc(NC(=O)c3ccc(N4CCCC4=O)cc3)n2)cc1. The van der Waals surface area contributed by atoms with E-state index in [4.69, 9.17) is 0 Å². The lowest BCUT2D eigenvalue weighted by molar-refractivity contribution is -0.117. The topological polar surface area (TPSA) is 62.3 Å². The zero-order valence-electron chi connectivity index (χ0n) is 15.3. The molecule has 0 aliphatic carbocycles. The molecule has 142 valence electrons. The van der Waals surface area contributed by atoms with Crippen LogP contribution in [0.2, 0.25) is 0 Å². The molecule has 0 atom stereocenters. The summed E-state index contributed by atoms with van der Waals surface area (Å²) in [6, 6.07) is 15.3. The average Bonchev–Trinajstić information content (AvgIpc) is 3.37. The fourth-order valence-electron chi connectivity index (χ4n) is 3.11. The molecular formula is C21H19N3O2S2. The molecule has 3 aromatic rings. The largest absolute Gasteiger partial charge is 0.312 e. The molecule has 1 saturated heterocycles. The second kappa shape index (κ2) is 8.16. The third-order valence-corrected chi connectivity index (χ3v) is 6.13. The Labute approximate surface area is 171 Å². The van der Waals surface area contributed by atoms with Crippen LogP contribution in [0.1, 0.15) is 23.2 Å². The molecule has 1 aliphatic rings. The number of hydrogen-bond acceptors (Lipinski definition) is 5. The van der Waals surface area contributed by atoms with Crippen molar-refractivity contribution in [3.05, 3.63) is 59.5 Å².